The zero-order valence-electron chi connectivity index (χ0n) is 6.49. The Morgan fingerprint density at radius 2 is 2.17 bits per heavy atom. The molecule has 56 valence electrons. The summed E-state index contributed by atoms with van der Waals surface area (Å²) in [5.41, 5.74) is 1.92. The van der Waals surface area contributed by atoms with Crippen molar-refractivity contribution in [2.24, 2.45) is 0 Å². The summed E-state index contributed by atoms with van der Waals surface area (Å²) in [5, 5.41) is 0. The van der Waals surface area contributed by atoms with E-state index in [-0.39, 0.29) is 0 Å². The molecule has 0 atom stereocenters. The molecule has 0 bridgehead atoms. The number of hydrogen-bond acceptors (Lipinski definition) is 1. The quantitative estimate of drug-likeness (QED) is 0.612. The van der Waals surface area contributed by atoms with Gasteiger partial charge in [-0.25, -0.2) is 0 Å². The highest BCUT2D eigenvalue weighted by atomic mass is 14.7. The zero-order valence-corrected chi connectivity index (χ0v) is 6.49. The maximum atomic E-state index is 4.20. The second kappa shape index (κ2) is 3.18. The lowest BCUT2D eigenvalue weighted by molar-refractivity contribution is 1.32. The van der Waals surface area contributed by atoms with E-state index in [0.717, 1.165) is 11.3 Å². The maximum absolute atomic E-state index is 4.20. The SMILES string of the molecule is [c]1cc[c]c(-c2ccccn2)c1. The van der Waals surface area contributed by atoms with Gasteiger partial charge in [0.15, 0.2) is 0 Å². The fraction of sp³-hybridized carbons (Fsp3) is 0. The predicted molar refractivity (Wildman–Crippen MR) is 47.3 cm³/mol. The Hall–Kier alpha value is -1.63. The van der Waals surface area contributed by atoms with E-state index in [0.29, 0.717) is 0 Å². The number of rotatable bonds is 1. The van der Waals surface area contributed by atoms with Crippen molar-refractivity contribution in [1.82, 2.24) is 4.98 Å². The van der Waals surface area contributed by atoms with Crippen LogP contribution >= 0.6 is 0 Å². The molecule has 2 rings (SSSR count). The molecule has 0 N–H and O–H groups in total. The van der Waals surface area contributed by atoms with Crippen molar-refractivity contribution in [3.63, 3.8) is 0 Å². The van der Waals surface area contributed by atoms with Gasteiger partial charge in [-0.1, -0.05) is 18.2 Å². The van der Waals surface area contributed by atoms with Gasteiger partial charge in [-0.2, -0.15) is 0 Å². The molecule has 0 fully saturated rings. The van der Waals surface area contributed by atoms with Gasteiger partial charge in [0.1, 0.15) is 0 Å². The molecule has 1 heteroatoms. The number of nitrogens with zero attached hydrogens (tertiary/aromatic N) is 1. The Labute approximate surface area is 71.7 Å². The first-order valence-corrected chi connectivity index (χ1v) is 3.76. The minimum atomic E-state index is 0.939. The molecule has 1 aromatic heterocycles. The number of benzene rings is 1. The summed E-state index contributed by atoms with van der Waals surface area (Å²) in [6, 6.07) is 17.4. The Morgan fingerprint density at radius 3 is 2.83 bits per heavy atom. The summed E-state index contributed by atoms with van der Waals surface area (Å²) in [6.45, 7) is 0. The molecule has 2 aromatic rings. The van der Waals surface area contributed by atoms with Crippen LogP contribution in [0.2, 0.25) is 0 Å². The molecule has 1 heterocycles. The van der Waals surface area contributed by atoms with Gasteiger partial charge in [0.05, 0.1) is 5.69 Å². The highest BCUT2D eigenvalue weighted by Gasteiger charge is 1.94. The molecule has 0 saturated heterocycles. The molecule has 0 amide bonds. The lowest BCUT2D eigenvalue weighted by Crippen LogP contribution is -1.80. The summed E-state index contributed by atoms with van der Waals surface area (Å²) in [4.78, 5) is 4.20. The first-order valence-electron chi connectivity index (χ1n) is 3.76. The second-order valence-electron chi connectivity index (χ2n) is 2.42. The largest absolute Gasteiger partial charge is 0.256 e. The van der Waals surface area contributed by atoms with Gasteiger partial charge in [-0.3, -0.25) is 4.98 Å². The van der Waals surface area contributed by atoms with Crippen LogP contribution in [0.5, 0.6) is 0 Å². The minimum Gasteiger partial charge on any atom is -0.256 e. The lowest BCUT2D eigenvalue weighted by Gasteiger charge is -1.96. The normalized spacial score (nSPS) is 9.67. The fourth-order valence-corrected chi connectivity index (χ4v) is 1.02. The summed E-state index contributed by atoms with van der Waals surface area (Å²) < 4.78 is 0. The molecular formula is C11H7N. The van der Waals surface area contributed by atoms with Crippen LogP contribution in [-0.2, 0) is 0 Å². The Bertz CT molecular complexity index is 302. The van der Waals surface area contributed by atoms with Crippen LogP contribution in [0, 0.1) is 12.1 Å². The van der Waals surface area contributed by atoms with E-state index in [1.807, 2.05) is 36.4 Å². The van der Waals surface area contributed by atoms with Crippen LogP contribution in [0.25, 0.3) is 11.3 Å². The Morgan fingerprint density at radius 1 is 1.17 bits per heavy atom. The molecule has 0 saturated carbocycles. The molecule has 0 aliphatic rings. The number of aromatic nitrogens is 1. The average Bonchev–Trinajstić information content (AvgIpc) is 2.21. The molecular weight excluding hydrogens is 146 g/mol. The zero-order chi connectivity index (χ0) is 8.23. The van der Waals surface area contributed by atoms with E-state index < -0.39 is 0 Å². The van der Waals surface area contributed by atoms with Crippen molar-refractivity contribution in [2.75, 3.05) is 0 Å². The lowest BCUT2D eigenvalue weighted by atomic mass is 10.1. The standard InChI is InChI=1S/C11H7N/c1-2-6-10(7-3-1)11-8-4-5-9-12-11/h1-2,4-5,7-9H. The highest BCUT2D eigenvalue weighted by Crippen LogP contribution is 2.13. The summed E-state index contributed by atoms with van der Waals surface area (Å²) in [7, 11) is 0. The molecule has 1 aromatic carbocycles. The maximum Gasteiger partial charge on any atom is 0.0708 e. The molecule has 0 aliphatic heterocycles. The third kappa shape index (κ3) is 1.35. The average molecular weight is 153 g/mol. The topological polar surface area (TPSA) is 12.9 Å². The van der Waals surface area contributed by atoms with E-state index >= 15 is 0 Å². The van der Waals surface area contributed by atoms with Crippen molar-refractivity contribution in [3.8, 4) is 11.3 Å². The van der Waals surface area contributed by atoms with Crippen LogP contribution < -0.4 is 0 Å². The van der Waals surface area contributed by atoms with Crippen molar-refractivity contribution >= 4 is 0 Å². The van der Waals surface area contributed by atoms with Crippen LogP contribution in [0.15, 0.2) is 42.6 Å². The highest BCUT2D eigenvalue weighted by molar-refractivity contribution is 5.57. The monoisotopic (exact) mass is 153 g/mol. The number of hydrogen-bond donors (Lipinski definition) is 0. The van der Waals surface area contributed by atoms with Gasteiger partial charge in [-0.05, 0) is 30.3 Å². The third-order valence-corrected chi connectivity index (χ3v) is 1.59. The van der Waals surface area contributed by atoms with Crippen LogP contribution in [0.4, 0.5) is 0 Å². The van der Waals surface area contributed by atoms with Gasteiger partial charge in [-0.15, -0.1) is 0 Å². The molecule has 0 unspecified atom stereocenters. The third-order valence-electron chi connectivity index (χ3n) is 1.59. The predicted octanol–water partition coefficient (Wildman–Crippen LogP) is 2.35. The summed E-state index contributed by atoms with van der Waals surface area (Å²) >= 11 is 0. The van der Waals surface area contributed by atoms with Gasteiger partial charge in [0, 0.05) is 11.8 Å². The minimum absolute atomic E-state index is 0.939. The van der Waals surface area contributed by atoms with E-state index in [1.165, 1.54) is 0 Å². The van der Waals surface area contributed by atoms with Crippen molar-refractivity contribution in [3.05, 3.63) is 54.7 Å². The van der Waals surface area contributed by atoms with E-state index in [1.54, 1.807) is 6.20 Å². The Kier molecular flexibility index (Phi) is 1.87. The first kappa shape index (κ1) is 7.04. The van der Waals surface area contributed by atoms with E-state index in [2.05, 4.69) is 17.1 Å². The fourth-order valence-electron chi connectivity index (χ4n) is 1.02. The van der Waals surface area contributed by atoms with Crippen LogP contribution in [0.1, 0.15) is 0 Å². The first-order chi connectivity index (χ1) is 5.97. The smallest absolute Gasteiger partial charge is 0.0708 e. The van der Waals surface area contributed by atoms with Crippen LogP contribution in [-0.4, -0.2) is 4.98 Å². The van der Waals surface area contributed by atoms with E-state index in [4.69, 9.17) is 0 Å². The van der Waals surface area contributed by atoms with Crippen LogP contribution in [0.3, 0.4) is 0 Å². The van der Waals surface area contributed by atoms with Crippen molar-refractivity contribution < 1.29 is 0 Å². The summed E-state index contributed by atoms with van der Waals surface area (Å²) in [5.74, 6) is 0. The van der Waals surface area contributed by atoms with Gasteiger partial charge in [0.2, 0.25) is 0 Å². The van der Waals surface area contributed by atoms with E-state index in [9.17, 15) is 0 Å². The van der Waals surface area contributed by atoms with Crippen molar-refractivity contribution in [2.45, 2.75) is 0 Å². The van der Waals surface area contributed by atoms with Gasteiger partial charge < -0.3 is 0 Å². The molecule has 2 radical (unpaired) electrons. The second-order valence-corrected chi connectivity index (χ2v) is 2.42. The molecule has 1 nitrogen and oxygen atoms in total. The van der Waals surface area contributed by atoms with Crippen molar-refractivity contribution in [1.29, 1.82) is 0 Å². The van der Waals surface area contributed by atoms with Gasteiger partial charge >= 0.3 is 0 Å². The molecule has 12 heavy (non-hydrogen) atoms. The summed E-state index contributed by atoms with van der Waals surface area (Å²) in [6.07, 6.45) is 1.77. The molecule has 0 spiro atoms. The van der Waals surface area contributed by atoms with Gasteiger partial charge in [0.25, 0.3) is 0 Å². The number of pyridine rings is 1. The molecule has 0 aliphatic carbocycles. The Balaban J connectivity index is 2.46.